The minimum atomic E-state index is -4.67. The summed E-state index contributed by atoms with van der Waals surface area (Å²) in [4.78, 5) is 24.3. The maximum atomic E-state index is 12.2. The number of carbonyl (C=O) groups is 2. The second kappa shape index (κ2) is 4.84. The van der Waals surface area contributed by atoms with Gasteiger partial charge in [0.05, 0.1) is 6.04 Å². The molecule has 10 heteroatoms. The van der Waals surface area contributed by atoms with Crippen LogP contribution in [0.2, 0.25) is 0 Å². The maximum absolute atomic E-state index is 12.2. The Hall–Kier alpha value is -0.350. The summed E-state index contributed by atoms with van der Waals surface area (Å²) in [6, 6.07) is -0.882. The first-order valence-electron chi connectivity index (χ1n) is 5.75. The number of carboxylic acid groups (broad SMARTS) is 1. The molecule has 2 aliphatic heterocycles. The quantitative estimate of drug-likeness (QED) is 0.298. The topological polar surface area (TPSA) is 118 Å². The summed E-state index contributed by atoms with van der Waals surface area (Å²) in [7, 11) is -4.67. The normalized spacial score (nSPS) is 29.6. The molecule has 2 atom stereocenters. The number of rotatable bonds is 1. The van der Waals surface area contributed by atoms with Crippen LogP contribution in [-0.2, 0) is 15.1 Å². The van der Waals surface area contributed by atoms with Crippen LogP contribution in [0.4, 0.5) is 4.79 Å². The Balaban J connectivity index is 0.00000200. The van der Waals surface area contributed by atoms with Crippen molar-refractivity contribution in [2.45, 2.75) is 38.8 Å². The zero-order valence-corrected chi connectivity index (χ0v) is 14.6. The SMILES string of the molecule is CC(C)(C)[C@@]12C(=O)N(S(=O)(=O)O)[C@@H]1CCN2C(=O)[O-].[Na+]. The smallest absolute Gasteiger partial charge is 0.530 e. The van der Waals surface area contributed by atoms with Gasteiger partial charge in [-0.05, 0) is 11.8 Å². The van der Waals surface area contributed by atoms with E-state index in [2.05, 4.69) is 0 Å². The van der Waals surface area contributed by atoms with Crippen molar-refractivity contribution in [3.05, 3.63) is 0 Å². The van der Waals surface area contributed by atoms with Crippen molar-refractivity contribution in [1.82, 2.24) is 9.21 Å². The van der Waals surface area contributed by atoms with Crippen LogP contribution >= 0.6 is 0 Å². The molecule has 0 aromatic heterocycles. The van der Waals surface area contributed by atoms with Gasteiger partial charge in [0.1, 0.15) is 11.6 Å². The molecule has 108 valence electrons. The van der Waals surface area contributed by atoms with Crippen LogP contribution < -0.4 is 34.7 Å². The molecule has 0 aromatic rings. The summed E-state index contributed by atoms with van der Waals surface area (Å²) < 4.78 is 31.8. The number of nitrogens with zero attached hydrogens (tertiary/aromatic N) is 2. The summed E-state index contributed by atoms with van der Waals surface area (Å²) in [6.45, 7) is 4.96. The number of hydrogen-bond acceptors (Lipinski definition) is 5. The van der Waals surface area contributed by atoms with Gasteiger partial charge in [0.2, 0.25) is 0 Å². The molecule has 2 amide bonds. The van der Waals surface area contributed by atoms with E-state index in [0.717, 1.165) is 4.90 Å². The number of likely N-dealkylation sites (tertiary alicyclic amines) is 1. The fraction of sp³-hybridized carbons (Fsp3) is 0.800. The van der Waals surface area contributed by atoms with Crippen LogP contribution in [0.25, 0.3) is 0 Å². The van der Waals surface area contributed by atoms with Gasteiger partial charge in [-0.2, -0.15) is 8.42 Å². The van der Waals surface area contributed by atoms with Crippen LogP contribution in [0, 0.1) is 5.41 Å². The van der Waals surface area contributed by atoms with Crippen molar-refractivity contribution in [1.29, 1.82) is 0 Å². The summed E-state index contributed by atoms with van der Waals surface area (Å²) in [6.07, 6.45) is -1.36. The van der Waals surface area contributed by atoms with E-state index in [4.69, 9.17) is 4.55 Å². The number of fused-ring (bicyclic) bond motifs is 1. The van der Waals surface area contributed by atoms with E-state index in [9.17, 15) is 23.1 Å². The Morgan fingerprint density at radius 3 is 2.30 bits per heavy atom. The molecule has 2 fully saturated rings. The minimum absolute atomic E-state index is 0. The molecule has 8 nitrogen and oxygen atoms in total. The van der Waals surface area contributed by atoms with Crippen LogP contribution in [-0.4, -0.2) is 52.3 Å². The average molecular weight is 314 g/mol. The zero-order valence-electron chi connectivity index (χ0n) is 11.8. The van der Waals surface area contributed by atoms with E-state index in [0.29, 0.717) is 4.31 Å². The average Bonchev–Trinajstić information content (AvgIpc) is 2.49. The van der Waals surface area contributed by atoms with Gasteiger partial charge in [0.25, 0.3) is 5.91 Å². The Morgan fingerprint density at radius 1 is 1.45 bits per heavy atom. The molecule has 0 radical (unpaired) electrons. The third-order valence-corrected chi connectivity index (χ3v) is 4.87. The number of amides is 2. The predicted molar refractivity (Wildman–Crippen MR) is 61.1 cm³/mol. The van der Waals surface area contributed by atoms with Crippen molar-refractivity contribution in [3.8, 4) is 0 Å². The third-order valence-electron chi connectivity index (χ3n) is 3.96. The van der Waals surface area contributed by atoms with Crippen LogP contribution in [0.5, 0.6) is 0 Å². The van der Waals surface area contributed by atoms with E-state index in [1.807, 2.05) is 0 Å². The molecule has 0 aliphatic carbocycles. The van der Waals surface area contributed by atoms with Crippen LogP contribution in [0.3, 0.4) is 0 Å². The molecule has 0 bridgehead atoms. The molecule has 0 spiro atoms. The van der Waals surface area contributed by atoms with Crippen molar-refractivity contribution in [2.75, 3.05) is 6.54 Å². The van der Waals surface area contributed by atoms with Gasteiger partial charge in [-0.1, -0.05) is 20.8 Å². The Bertz CT molecular complexity index is 557. The number of carbonyl (C=O) groups excluding carboxylic acids is 2. The standard InChI is InChI=1S/C10H16N2O6S.Na/c1-9(2,3)10-6(4-5-11(10)8(14)15)12(7(10)13)19(16,17)18;/h6H,4-5H2,1-3H3,(H,14,15)(H,16,17,18);/q;+1/p-1/t6-,10+;/m1./s1. The van der Waals surface area contributed by atoms with Crippen molar-refractivity contribution >= 4 is 22.3 Å². The Labute approximate surface area is 139 Å². The molecular formula is C10H15N2NaO6S. The monoisotopic (exact) mass is 314 g/mol. The van der Waals surface area contributed by atoms with Crippen molar-refractivity contribution in [3.63, 3.8) is 0 Å². The maximum Gasteiger partial charge on any atom is 1.00 e. The zero-order chi connectivity index (χ0) is 14.8. The van der Waals surface area contributed by atoms with E-state index in [-0.39, 0.29) is 42.5 Å². The van der Waals surface area contributed by atoms with Gasteiger partial charge < -0.3 is 14.8 Å². The van der Waals surface area contributed by atoms with E-state index >= 15 is 0 Å². The van der Waals surface area contributed by atoms with Gasteiger partial charge in [-0.25, -0.2) is 4.31 Å². The molecule has 0 aromatic carbocycles. The fourth-order valence-electron chi connectivity index (χ4n) is 3.33. The first kappa shape index (κ1) is 17.7. The van der Waals surface area contributed by atoms with Gasteiger partial charge in [-0.3, -0.25) is 9.35 Å². The molecule has 2 saturated heterocycles. The molecule has 1 N–H and O–H groups in total. The molecule has 2 aliphatic rings. The summed E-state index contributed by atoms with van der Waals surface area (Å²) in [5, 5.41) is 11.2. The summed E-state index contributed by atoms with van der Waals surface area (Å²) in [5.74, 6) is -0.922. The van der Waals surface area contributed by atoms with Crippen molar-refractivity contribution < 1.29 is 57.2 Å². The second-order valence-electron chi connectivity index (χ2n) is 5.82. The van der Waals surface area contributed by atoms with Crippen LogP contribution in [0.1, 0.15) is 27.2 Å². The van der Waals surface area contributed by atoms with Gasteiger partial charge in [0, 0.05) is 6.54 Å². The summed E-state index contributed by atoms with van der Waals surface area (Å²) >= 11 is 0. The van der Waals surface area contributed by atoms with Gasteiger partial charge in [0.15, 0.2) is 0 Å². The molecule has 2 rings (SSSR count). The van der Waals surface area contributed by atoms with Crippen LogP contribution in [0.15, 0.2) is 0 Å². The van der Waals surface area contributed by atoms with E-state index < -0.39 is 39.3 Å². The van der Waals surface area contributed by atoms with Gasteiger partial charge >= 0.3 is 39.9 Å². The minimum Gasteiger partial charge on any atom is -0.530 e. The molecule has 20 heavy (non-hydrogen) atoms. The van der Waals surface area contributed by atoms with Gasteiger partial charge in [-0.15, -0.1) is 0 Å². The Kier molecular flexibility index (Phi) is 4.28. The van der Waals surface area contributed by atoms with E-state index in [1.165, 1.54) is 0 Å². The molecular weight excluding hydrogens is 299 g/mol. The van der Waals surface area contributed by atoms with Crippen molar-refractivity contribution in [2.24, 2.45) is 5.41 Å². The number of β-lactam (4-membered cyclic amide) rings is 1. The van der Waals surface area contributed by atoms with E-state index in [1.54, 1.807) is 20.8 Å². The second-order valence-corrected chi connectivity index (χ2v) is 7.11. The predicted octanol–water partition coefficient (Wildman–Crippen LogP) is -4.16. The first-order valence-corrected chi connectivity index (χ1v) is 7.15. The largest absolute Gasteiger partial charge is 1.00 e. The fourth-order valence-corrected chi connectivity index (χ4v) is 4.26. The third kappa shape index (κ3) is 1.98. The summed E-state index contributed by atoms with van der Waals surface area (Å²) in [5.41, 5.74) is -2.30. The first-order chi connectivity index (χ1) is 8.45. The molecule has 0 saturated carbocycles. The Morgan fingerprint density at radius 2 is 1.95 bits per heavy atom. The molecule has 2 heterocycles. The number of hydrogen-bond donors (Lipinski definition) is 1. The molecule has 0 unspecified atom stereocenters.